The van der Waals surface area contributed by atoms with Crippen LogP contribution in [0.2, 0.25) is 0 Å². The van der Waals surface area contributed by atoms with Gasteiger partial charge in [0, 0.05) is 17.8 Å². The molecule has 0 fully saturated rings. The Hall–Kier alpha value is -2.82. The molecule has 2 aromatic rings. The van der Waals surface area contributed by atoms with E-state index in [2.05, 4.69) is 24.5 Å². The van der Waals surface area contributed by atoms with Gasteiger partial charge in [0.05, 0.1) is 12.2 Å². The largest absolute Gasteiger partial charge is 0.492 e. The molecule has 2 N–H and O–H groups in total. The second-order valence-corrected chi connectivity index (χ2v) is 6.10. The van der Waals surface area contributed by atoms with E-state index in [0.29, 0.717) is 41.6 Å². The number of ether oxygens (including phenoxy) is 1. The van der Waals surface area contributed by atoms with Gasteiger partial charge in [0.1, 0.15) is 5.75 Å². The fraction of sp³-hybridized carbons (Fsp3) is 0.300. The Morgan fingerprint density at radius 1 is 1.04 bits per heavy atom. The van der Waals surface area contributed by atoms with Crippen molar-refractivity contribution < 1.29 is 14.3 Å². The van der Waals surface area contributed by atoms with Gasteiger partial charge in [-0.1, -0.05) is 32.0 Å². The van der Waals surface area contributed by atoms with E-state index >= 15 is 0 Å². The van der Waals surface area contributed by atoms with Crippen molar-refractivity contribution in [3.05, 3.63) is 59.7 Å². The van der Waals surface area contributed by atoms with Gasteiger partial charge in [-0.2, -0.15) is 0 Å². The molecule has 0 aliphatic carbocycles. The lowest BCUT2D eigenvalue weighted by Crippen LogP contribution is -2.22. The summed E-state index contributed by atoms with van der Waals surface area (Å²) in [6, 6.07) is 14.0. The number of benzene rings is 2. The molecule has 0 heterocycles. The smallest absolute Gasteiger partial charge is 0.259 e. The first-order valence-electron chi connectivity index (χ1n) is 8.42. The summed E-state index contributed by atoms with van der Waals surface area (Å²) in [5.74, 6) is 0.477. The summed E-state index contributed by atoms with van der Waals surface area (Å²) < 4.78 is 5.73. The lowest BCUT2D eigenvalue weighted by atomic mass is 10.1. The van der Waals surface area contributed by atoms with E-state index in [1.807, 2.05) is 13.0 Å². The first kappa shape index (κ1) is 18.5. The Bertz CT molecular complexity index is 741. The molecule has 132 valence electrons. The normalized spacial score (nSPS) is 10.4. The summed E-state index contributed by atoms with van der Waals surface area (Å²) in [4.78, 5) is 24.5. The summed E-state index contributed by atoms with van der Waals surface area (Å²) in [7, 11) is 0. The van der Waals surface area contributed by atoms with Crippen LogP contribution < -0.4 is 15.4 Å². The van der Waals surface area contributed by atoms with E-state index in [0.717, 1.165) is 0 Å². The number of carbonyl (C=O) groups excluding carboxylic acids is 2. The highest BCUT2D eigenvalue weighted by atomic mass is 16.5. The van der Waals surface area contributed by atoms with Crippen molar-refractivity contribution in [2.45, 2.75) is 20.8 Å². The van der Waals surface area contributed by atoms with E-state index in [-0.39, 0.29) is 11.8 Å². The van der Waals surface area contributed by atoms with Gasteiger partial charge in [0.15, 0.2) is 0 Å². The highest BCUT2D eigenvalue weighted by molar-refractivity contribution is 6.06. The first-order valence-corrected chi connectivity index (χ1v) is 8.42. The molecule has 0 radical (unpaired) electrons. The van der Waals surface area contributed by atoms with Crippen LogP contribution >= 0.6 is 0 Å². The molecule has 0 saturated carbocycles. The summed E-state index contributed by atoms with van der Waals surface area (Å²) in [5.41, 5.74) is 1.53. The third-order valence-electron chi connectivity index (χ3n) is 3.42. The van der Waals surface area contributed by atoms with Crippen molar-refractivity contribution in [2.75, 3.05) is 18.5 Å². The molecular formula is C20H24N2O3. The molecular weight excluding hydrogens is 316 g/mol. The summed E-state index contributed by atoms with van der Waals surface area (Å²) in [6.07, 6.45) is 0. The zero-order valence-electron chi connectivity index (χ0n) is 14.8. The predicted molar refractivity (Wildman–Crippen MR) is 99.2 cm³/mol. The van der Waals surface area contributed by atoms with Gasteiger partial charge >= 0.3 is 0 Å². The molecule has 0 unspecified atom stereocenters. The van der Waals surface area contributed by atoms with Gasteiger partial charge in [-0.3, -0.25) is 9.59 Å². The van der Waals surface area contributed by atoms with Crippen molar-refractivity contribution in [1.29, 1.82) is 0 Å². The van der Waals surface area contributed by atoms with E-state index in [1.165, 1.54) is 0 Å². The minimum atomic E-state index is -0.271. The number of carbonyl (C=O) groups is 2. The van der Waals surface area contributed by atoms with Crippen molar-refractivity contribution >= 4 is 17.5 Å². The molecule has 0 saturated heterocycles. The Morgan fingerprint density at radius 3 is 2.52 bits per heavy atom. The second kappa shape index (κ2) is 8.87. The maximum atomic E-state index is 12.6. The zero-order chi connectivity index (χ0) is 18.2. The molecule has 0 aliphatic rings. The summed E-state index contributed by atoms with van der Waals surface area (Å²) in [6.45, 7) is 7.05. The fourth-order valence-corrected chi connectivity index (χ4v) is 2.24. The Kier molecular flexibility index (Phi) is 6.57. The van der Waals surface area contributed by atoms with Crippen LogP contribution in [0.5, 0.6) is 5.75 Å². The van der Waals surface area contributed by atoms with Crippen LogP contribution in [-0.2, 0) is 0 Å². The third-order valence-corrected chi connectivity index (χ3v) is 3.42. The van der Waals surface area contributed by atoms with Crippen molar-refractivity contribution in [3.63, 3.8) is 0 Å². The van der Waals surface area contributed by atoms with Crippen LogP contribution in [0.15, 0.2) is 48.5 Å². The highest BCUT2D eigenvalue weighted by Crippen LogP contribution is 2.21. The van der Waals surface area contributed by atoms with Crippen LogP contribution in [0, 0.1) is 5.92 Å². The molecule has 2 rings (SSSR count). The molecule has 0 aliphatic heterocycles. The van der Waals surface area contributed by atoms with Crippen LogP contribution in [0.4, 0.5) is 5.69 Å². The molecule has 5 heteroatoms. The number of rotatable bonds is 7. The number of para-hydroxylation sites is 1. The predicted octanol–water partition coefficient (Wildman–Crippen LogP) is 3.72. The number of amides is 2. The fourth-order valence-electron chi connectivity index (χ4n) is 2.24. The summed E-state index contributed by atoms with van der Waals surface area (Å²) >= 11 is 0. The first-order chi connectivity index (χ1) is 12.0. The zero-order valence-corrected chi connectivity index (χ0v) is 14.8. The molecule has 2 aromatic carbocycles. The standard InChI is InChI=1S/C20H24N2O3/c1-4-21-19(23)15-8-7-9-16(12-15)22-20(24)17-10-5-6-11-18(17)25-13-14(2)3/h5-12,14H,4,13H2,1-3H3,(H,21,23)(H,22,24). The lowest BCUT2D eigenvalue weighted by molar-refractivity contribution is 0.0954. The second-order valence-electron chi connectivity index (χ2n) is 6.10. The number of nitrogens with one attached hydrogen (secondary N) is 2. The average Bonchev–Trinajstić information content (AvgIpc) is 2.60. The Morgan fingerprint density at radius 2 is 1.80 bits per heavy atom. The molecule has 2 amide bonds. The Balaban J connectivity index is 2.15. The molecule has 0 aromatic heterocycles. The topological polar surface area (TPSA) is 67.4 Å². The van der Waals surface area contributed by atoms with Crippen LogP contribution in [0.1, 0.15) is 41.5 Å². The molecule has 5 nitrogen and oxygen atoms in total. The van der Waals surface area contributed by atoms with Gasteiger partial charge in [-0.05, 0) is 43.2 Å². The number of hydrogen-bond acceptors (Lipinski definition) is 3. The molecule has 0 atom stereocenters. The van der Waals surface area contributed by atoms with Crippen LogP contribution in [-0.4, -0.2) is 25.0 Å². The molecule has 0 spiro atoms. The Labute approximate surface area is 148 Å². The van der Waals surface area contributed by atoms with E-state index in [1.54, 1.807) is 42.5 Å². The summed E-state index contributed by atoms with van der Waals surface area (Å²) in [5, 5.41) is 5.56. The molecule has 25 heavy (non-hydrogen) atoms. The van der Waals surface area contributed by atoms with Crippen LogP contribution in [0.3, 0.4) is 0 Å². The minimum absolute atomic E-state index is 0.167. The van der Waals surface area contributed by atoms with Gasteiger partial charge < -0.3 is 15.4 Å². The van der Waals surface area contributed by atoms with Crippen molar-refractivity contribution in [3.8, 4) is 5.75 Å². The SMILES string of the molecule is CCNC(=O)c1cccc(NC(=O)c2ccccc2OCC(C)C)c1. The monoisotopic (exact) mass is 340 g/mol. The highest BCUT2D eigenvalue weighted by Gasteiger charge is 2.13. The maximum absolute atomic E-state index is 12.6. The van der Waals surface area contributed by atoms with Crippen molar-refractivity contribution in [1.82, 2.24) is 5.32 Å². The molecule has 0 bridgehead atoms. The van der Waals surface area contributed by atoms with Crippen molar-refractivity contribution in [2.24, 2.45) is 5.92 Å². The van der Waals surface area contributed by atoms with E-state index in [9.17, 15) is 9.59 Å². The van der Waals surface area contributed by atoms with Gasteiger partial charge in [0.25, 0.3) is 11.8 Å². The van der Waals surface area contributed by atoms with Gasteiger partial charge in [-0.25, -0.2) is 0 Å². The lowest BCUT2D eigenvalue weighted by Gasteiger charge is -2.13. The van der Waals surface area contributed by atoms with E-state index in [4.69, 9.17) is 4.74 Å². The number of hydrogen-bond donors (Lipinski definition) is 2. The average molecular weight is 340 g/mol. The van der Waals surface area contributed by atoms with Gasteiger partial charge in [-0.15, -0.1) is 0 Å². The van der Waals surface area contributed by atoms with Gasteiger partial charge in [0.2, 0.25) is 0 Å². The van der Waals surface area contributed by atoms with Crippen LogP contribution in [0.25, 0.3) is 0 Å². The number of anilines is 1. The quantitative estimate of drug-likeness (QED) is 0.807. The maximum Gasteiger partial charge on any atom is 0.259 e. The third kappa shape index (κ3) is 5.35. The minimum Gasteiger partial charge on any atom is -0.492 e. The van der Waals surface area contributed by atoms with E-state index < -0.39 is 0 Å².